The molecule has 0 saturated heterocycles. The van der Waals surface area contributed by atoms with E-state index >= 15 is 0 Å². The summed E-state index contributed by atoms with van der Waals surface area (Å²) in [5, 5.41) is 11.2. The van der Waals surface area contributed by atoms with E-state index in [2.05, 4.69) is 354 Å². The van der Waals surface area contributed by atoms with E-state index < -0.39 is 0 Å². The maximum absolute atomic E-state index is 5.07. The predicted molar refractivity (Wildman–Crippen MR) is 444 cm³/mol. The number of halogens is 1. The third kappa shape index (κ3) is 12.5. The average Bonchev–Trinajstić information content (AvgIpc) is 1.49. The number of aromatic nitrogens is 6. The molecule has 6 aromatic heterocycles. The van der Waals surface area contributed by atoms with E-state index in [9.17, 15) is 0 Å². The summed E-state index contributed by atoms with van der Waals surface area (Å²) in [5.41, 5.74) is 33.0. The minimum absolute atomic E-state index is 0.373. The van der Waals surface area contributed by atoms with Gasteiger partial charge in [-0.1, -0.05) is 246 Å². The first-order valence-corrected chi connectivity index (χ1v) is 37.9. The lowest BCUT2D eigenvalue weighted by Gasteiger charge is -2.22. The Morgan fingerprint density at radius 3 is 0.833 bits per heavy atom. The van der Waals surface area contributed by atoms with Gasteiger partial charge in [-0.05, 0) is 220 Å². The van der Waals surface area contributed by atoms with Crippen molar-refractivity contribution in [2.45, 2.75) is 174 Å². The smallest absolute Gasteiger partial charge is 0.145 e. The molecule has 0 spiro atoms. The van der Waals surface area contributed by atoms with Gasteiger partial charge in [0.15, 0.2) is 0 Å². The Morgan fingerprint density at radius 1 is 0.265 bits per heavy atom. The molecule has 16 rings (SSSR count). The highest BCUT2D eigenvalue weighted by atomic mass is 79.9. The van der Waals surface area contributed by atoms with Crippen LogP contribution in [-0.4, -0.2) is 28.2 Å². The minimum atomic E-state index is 0.373. The van der Waals surface area contributed by atoms with Gasteiger partial charge in [0.1, 0.15) is 16.9 Å². The molecule has 0 atom stereocenters. The van der Waals surface area contributed by atoms with Crippen LogP contribution in [0.25, 0.3) is 127 Å². The normalized spacial score (nSPS) is 11.9. The number of benzene rings is 10. The fraction of sp³-hybridized carbons (Fsp3) is 0.274. The third-order valence-corrected chi connectivity index (χ3v) is 21.8. The molecule has 0 fully saturated rings. The van der Waals surface area contributed by atoms with Gasteiger partial charge in [0.05, 0.1) is 52.2 Å². The van der Waals surface area contributed by atoms with Gasteiger partial charge >= 0.3 is 0 Å². The van der Waals surface area contributed by atoms with Gasteiger partial charge in [-0.2, -0.15) is 0 Å². The molecule has 0 radical (unpaired) electrons. The van der Waals surface area contributed by atoms with Gasteiger partial charge in [0.25, 0.3) is 0 Å². The van der Waals surface area contributed by atoms with Crippen molar-refractivity contribution in [1.29, 1.82) is 0 Å². The molecule has 6 heterocycles. The lowest BCUT2D eigenvalue weighted by atomic mass is 9.84. The third-order valence-electron chi connectivity index (χ3n) is 21.3. The molecule has 7 heteroatoms. The van der Waals surface area contributed by atoms with Crippen LogP contribution in [0.1, 0.15) is 199 Å². The zero-order valence-corrected chi connectivity index (χ0v) is 65.2. The van der Waals surface area contributed by atoms with Gasteiger partial charge in [0.2, 0.25) is 0 Å². The van der Waals surface area contributed by atoms with E-state index in [0.29, 0.717) is 35.5 Å². The summed E-state index contributed by atoms with van der Waals surface area (Å²) in [7, 11) is 0. The minimum Gasteiger partial charge on any atom is -0.292 e. The van der Waals surface area contributed by atoms with E-state index in [1.165, 1.54) is 177 Å². The van der Waals surface area contributed by atoms with E-state index in [1.54, 1.807) is 0 Å². The van der Waals surface area contributed by atoms with Crippen LogP contribution < -0.4 is 0 Å². The van der Waals surface area contributed by atoms with Gasteiger partial charge in [0, 0.05) is 53.5 Å². The number of rotatable bonds is 10. The van der Waals surface area contributed by atoms with Crippen LogP contribution in [0.3, 0.4) is 0 Å². The Hall–Kier alpha value is -9.69. The Kier molecular flexibility index (Phi) is 19.8. The highest BCUT2D eigenvalue weighted by Gasteiger charge is 2.27. The number of hydrogen-bond donors (Lipinski definition) is 0. The zero-order chi connectivity index (χ0) is 72.4. The topological polar surface area (TPSA) is 51.9 Å². The van der Waals surface area contributed by atoms with Crippen molar-refractivity contribution in [2.75, 3.05) is 0 Å². The van der Waals surface area contributed by atoms with E-state index in [1.807, 2.05) is 13.8 Å². The lowest BCUT2D eigenvalue weighted by Crippen LogP contribution is -2.04. The Balaban J connectivity index is 0.000000135. The molecule has 16 aromatic rings. The largest absolute Gasteiger partial charge is 0.292 e. The van der Waals surface area contributed by atoms with E-state index in [4.69, 9.17) is 15.0 Å². The molecular formula is C95H99BrN6. The maximum atomic E-state index is 5.07. The molecule has 516 valence electrons. The first-order chi connectivity index (χ1) is 49.0. The number of hydrogen-bond acceptors (Lipinski definition) is 3. The monoisotopic (exact) mass is 1400 g/mol. The highest BCUT2D eigenvalue weighted by Crippen LogP contribution is 2.46. The fourth-order valence-corrected chi connectivity index (χ4v) is 16.1. The SMILES string of the molecule is CC.Cc1cc2c3ccccc3c3ncc(-c4c(C(C)C)cc(-c5ccccc5)cc4C(C)C)n3c2cc1C.Cc1cc2c3ccccc3c3ncc(-c4c(C(C)C)cc(Br)cc4C(C)C)n3c2cc1C.Cc1cc2c3ccccc3c3ncc(-c4c(C(C)C)cccc4C(C)C)n3c2cc1C. The Labute approximate surface area is 612 Å². The fourth-order valence-electron chi connectivity index (χ4n) is 15.6. The number of imidazole rings is 3. The summed E-state index contributed by atoms with van der Waals surface area (Å²) in [6.07, 6.45) is 6.27. The van der Waals surface area contributed by atoms with E-state index in [-0.39, 0.29) is 0 Å². The van der Waals surface area contributed by atoms with Crippen LogP contribution in [0.15, 0.2) is 205 Å². The van der Waals surface area contributed by atoms with Crippen molar-refractivity contribution in [3.05, 3.63) is 272 Å². The van der Waals surface area contributed by atoms with Crippen LogP contribution in [-0.2, 0) is 0 Å². The van der Waals surface area contributed by atoms with Crippen molar-refractivity contribution in [3.8, 4) is 44.9 Å². The molecule has 102 heavy (non-hydrogen) atoms. The summed E-state index contributed by atoms with van der Waals surface area (Å²) in [6.45, 7) is 44.7. The van der Waals surface area contributed by atoms with Crippen LogP contribution in [0.5, 0.6) is 0 Å². The molecule has 0 aliphatic rings. The number of pyridine rings is 3. The summed E-state index contributed by atoms with van der Waals surface area (Å²) < 4.78 is 8.35. The van der Waals surface area contributed by atoms with Crippen LogP contribution in [0.4, 0.5) is 0 Å². The van der Waals surface area contributed by atoms with Crippen molar-refractivity contribution >= 4 is 97.9 Å². The second-order valence-electron chi connectivity index (χ2n) is 30.0. The van der Waals surface area contributed by atoms with Gasteiger partial charge in [-0.15, -0.1) is 0 Å². The van der Waals surface area contributed by atoms with Crippen molar-refractivity contribution in [3.63, 3.8) is 0 Å². The van der Waals surface area contributed by atoms with E-state index in [0.717, 1.165) is 21.4 Å². The summed E-state index contributed by atoms with van der Waals surface area (Å²) >= 11 is 3.76. The van der Waals surface area contributed by atoms with Crippen LogP contribution in [0, 0.1) is 41.5 Å². The number of aryl methyl sites for hydroxylation is 6. The summed E-state index contributed by atoms with van der Waals surface area (Å²) in [5.74, 6) is 2.43. The van der Waals surface area contributed by atoms with Gasteiger partial charge in [-0.25, -0.2) is 15.0 Å². The first kappa shape index (κ1) is 70.7. The molecule has 0 aliphatic carbocycles. The molecule has 0 N–H and O–H groups in total. The van der Waals surface area contributed by atoms with Crippen molar-refractivity contribution in [2.24, 2.45) is 0 Å². The predicted octanol–water partition coefficient (Wildman–Crippen LogP) is 28.0. The molecule has 0 saturated carbocycles. The molecule has 0 aliphatic heterocycles. The van der Waals surface area contributed by atoms with Crippen LogP contribution in [0.2, 0.25) is 0 Å². The quantitative estimate of drug-likeness (QED) is 0.128. The lowest BCUT2D eigenvalue weighted by molar-refractivity contribution is 0.834. The average molecular weight is 1400 g/mol. The van der Waals surface area contributed by atoms with Crippen molar-refractivity contribution in [1.82, 2.24) is 28.2 Å². The second kappa shape index (κ2) is 28.6. The standard InChI is InChI=1S/C35H34N2.C29H29BrN2.C29H30N2.C2H6/c1-21(2)29-18-26(25-12-8-7-9-13-25)19-30(22(3)4)34(29)33-20-36-35-28-15-11-10-14-27(28)31-16-23(5)24(6)17-32(31)37(33)35;1-16(2)23-13-20(30)14-24(17(3)4)28(23)27-15-31-29-22-10-8-7-9-21(22)25-11-18(5)19(6)12-26(25)32(27)29;1-17(2)21-12-9-13-22(18(3)4)28(21)27-16-30-29-24-11-8-7-10-23(24)25-14-19(5)20(6)15-26(25)31(27)29;1-2/h7-22H,1-6H3;7-17H,1-6H3;7-18H,1-6H3;1-2H3. The van der Waals surface area contributed by atoms with Crippen LogP contribution >= 0.6 is 15.9 Å². The Bertz CT molecular complexity index is 5800. The second-order valence-corrected chi connectivity index (χ2v) is 30.9. The molecule has 0 bridgehead atoms. The zero-order valence-electron chi connectivity index (χ0n) is 63.6. The van der Waals surface area contributed by atoms with Crippen molar-refractivity contribution < 1.29 is 0 Å². The number of nitrogens with zero attached hydrogens (tertiary/aromatic N) is 6. The van der Waals surface area contributed by atoms with Gasteiger partial charge < -0.3 is 0 Å². The Morgan fingerprint density at radius 2 is 0.529 bits per heavy atom. The maximum Gasteiger partial charge on any atom is 0.145 e. The molecule has 0 unspecified atom stereocenters. The molecule has 10 aromatic carbocycles. The number of fused-ring (bicyclic) bond motifs is 18. The van der Waals surface area contributed by atoms with Gasteiger partial charge in [-0.3, -0.25) is 13.2 Å². The molecule has 6 nitrogen and oxygen atoms in total. The summed E-state index contributed by atoms with van der Waals surface area (Å²) in [6, 6.07) is 67.0. The highest BCUT2D eigenvalue weighted by molar-refractivity contribution is 9.10. The summed E-state index contributed by atoms with van der Waals surface area (Å²) in [4.78, 5) is 15.1. The first-order valence-electron chi connectivity index (χ1n) is 37.1. The molecule has 0 amide bonds. The molecular weight excluding hydrogens is 1300 g/mol.